The average Bonchev–Trinajstić information content (AvgIpc) is 3.21. The summed E-state index contributed by atoms with van der Waals surface area (Å²) in [5, 5.41) is 0.143. The number of pyridine rings is 1. The summed E-state index contributed by atoms with van der Waals surface area (Å²) in [7, 11) is -4.00. The molecule has 2 saturated heterocycles. The number of sulfonamides is 1. The highest BCUT2D eigenvalue weighted by Crippen LogP contribution is 2.46. The molecular formula is C32H36Cl2N4O3S. The number of fused-ring (bicyclic) bond motifs is 1. The lowest BCUT2D eigenvalue weighted by atomic mass is 9.71. The van der Waals surface area contributed by atoms with Crippen LogP contribution in [0.15, 0.2) is 65.8 Å². The van der Waals surface area contributed by atoms with E-state index in [9.17, 15) is 13.2 Å². The van der Waals surface area contributed by atoms with Gasteiger partial charge in [-0.05, 0) is 90.5 Å². The Morgan fingerprint density at radius 2 is 1.55 bits per heavy atom. The third kappa shape index (κ3) is 5.54. The molecule has 2 aliphatic heterocycles. The molecule has 6 rings (SSSR count). The number of aromatic nitrogens is 1. The van der Waals surface area contributed by atoms with Crippen LogP contribution in [0.1, 0.15) is 73.5 Å². The van der Waals surface area contributed by atoms with Gasteiger partial charge in [-0.3, -0.25) is 9.78 Å². The number of hydrogen-bond donors (Lipinski definition) is 1. The van der Waals surface area contributed by atoms with Crippen LogP contribution in [0.5, 0.6) is 0 Å². The van der Waals surface area contributed by atoms with Gasteiger partial charge < -0.3 is 9.80 Å². The number of likely N-dealkylation sites (tertiary alicyclic amines) is 1. The summed E-state index contributed by atoms with van der Waals surface area (Å²) in [6.07, 6.45) is 8.50. The Kier molecular flexibility index (Phi) is 7.79. The van der Waals surface area contributed by atoms with E-state index in [2.05, 4.69) is 40.6 Å². The fraction of sp³-hybridized carbons (Fsp3) is 0.438. The number of halogens is 2. The first-order valence-electron chi connectivity index (χ1n) is 14.5. The molecule has 1 aromatic heterocycles. The molecular weight excluding hydrogens is 591 g/mol. The van der Waals surface area contributed by atoms with E-state index in [0.717, 1.165) is 63.0 Å². The molecule has 1 atom stereocenters. The fourth-order valence-electron chi connectivity index (χ4n) is 7.08. The van der Waals surface area contributed by atoms with Crippen LogP contribution in [0.25, 0.3) is 0 Å². The summed E-state index contributed by atoms with van der Waals surface area (Å²) in [5.41, 5.74) is 3.70. The fourth-order valence-corrected chi connectivity index (χ4v) is 9.44. The third-order valence-electron chi connectivity index (χ3n) is 9.57. The molecule has 1 N–H and O–H groups in total. The van der Waals surface area contributed by atoms with Gasteiger partial charge in [0.25, 0.3) is 5.91 Å². The van der Waals surface area contributed by atoms with Crippen molar-refractivity contribution in [2.45, 2.75) is 62.3 Å². The number of carbonyl (C=O) groups excluding carboxylic acids is 1. The van der Waals surface area contributed by atoms with E-state index < -0.39 is 16.1 Å². The molecule has 222 valence electrons. The van der Waals surface area contributed by atoms with Gasteiger partial charge in [0.15, 0.2) is 0 Å². The highest BCUT2D eigenvalue weighted by atomic mass is 35.5. The van der Waals surface area contributed by atoms with Gasteiger partial charge in [-0.15, -0.1) is 0 Å². The summed E-state index contributed by atoms with van der Waals surface area (Å²) in [6.45, 7) is 7.70. The Morgan fingerprint density at radius 3 is 2.19 bits per heavy atom. The van der Waals surface area contributed by atoms with Crippen molar-refractivity contribution in [1.29, 1.82) is 0 Å². The van der Waals surface area contributed by atoms with Crippen LogP contribution >= 0.6 is 23.2 Å². The topological polar surface area (TPSA) is 82.6 Å². The van der Waals surface area contributed by atoms with Gasteiger partial charge in [0.2, 0.25) is 10.0 Å². The van der Waals surface area contributed by atoms with E-state index in [0.29, 0.717) is 12.0 Å². The molecule has 3 heterocycles. The molecule has 1 aliphatic carbocycles. The minimum absolute atomic E-state index is 0.00216. The Bertz CT molecular complexity index is 1570. The van der Waals surface area contributed by atoms with Crippen molar-refractivity contribution in [3.63, 3.8) is 0 Å². The van der Waals surface area contributed by atoms with E-state index in [4.69, 9.17) is 23.2 Å². The summed E-state index contributed by atoms with van der Waals surface area (Å²) < 4.78 is 29.6. The number of piperidine rings is 2. The van der Waals surface area contributed by atoms with Crippen LogP contribution in [-0.2, 0) is 15.4 Å². The van der Waals surface area contributed by atoms with Gasteiger partial charge in [0.1, 0.15) is 4.90 Å². The number of benzene rings is 2. The van der Waals surface area contributed by atoms with Gasteiger partial charge in [0.05, 0.1) is 10.0 Å². The second-order valence-corrected chi connectivity index (χ2v) is 15.1. The van der Waals surface area contributed by atoms with Gasteiger partial charge in [0, 0.05) is 55.9 Å². The molecule has 7 nitrogen and oxygen atoms in total. The number of rotatable bonds is 5. The highest BCUT2D eigenvalue weighted by Gasteiger charge is 2.41. The minimum Gasteiger partial charge on any atom is -0.371 e. The van der Waals surface area contributed by atoms with Crippen LogP contribution in [0.2, 0.25) is 10.0 Å². The minimum atomic E-state index is -4.00. The molecule has 3 aromatic rings. The first-order chi connectivity index (χ1) is 20.0. The van der Waals surface area contributed by atoms with Crippen LogP contribution in [-0.4, -0.2) is 50.4 Å². The van der Waals surface area contributed by atoms with E-state index >= 15 is 0 Å². The molecule has 2 fully saturated rings. The second-order valence-electron chi connectivity index (χ2n) is 12.6. The zero-order chi connectivity index (χ0) is 29.7. The van der Waals surface area contributed by atoms with Crippen LogP contribution in [0.3, 0.4) is 0 Å². The van der Waals surface area contributed by atoms with Crippen molar-refractivity contribution in [3.05, 3.63) is 87.7 Å². The maximum Gasteiger partial charge on any atom is 0.253 e. The number of amides is 1. The van der Waals surface area contributed by atoms with Crippen molar-refractivity contribution in [2.24, 2.45) is 5.41 Å². The van der Waals surface area contributed by atoms with E-state index in [1.165, 1.54) is 17.8 Å². The van der Waals surface area contributed by atoms with Gasteiger partial charge >= 0.3 is 0 Å². The van der Waals surface area contributed by atoms with Crippen molar-refractivity contribution in [1.82, 2.24) is 14.6 Å². The zero-order valence-corrected chi connectivity index (χ0v) is 26.3. The lowest BCUT2D eigenvalue weighted by molar-refractivity contribution is 0.0515. The maximum atomic E-state index is 13.7. The number of carbonyl (C=O) groups is 1. The largest absolute Gasteiger partial charge is 0.371 e. The number of hydrogen-bond acceptors (Lipinski definition) is 5. The highest BCUT2D eigenvalue weighted by molar-refractivity contribution is 7.89. The van der Waals surface area contributed by atoms with Crippen LogP contribution in [0, 0.1) is 5.41 Å². The first kappa shape index (κ1) is 29.4. The molecule has 2 aromatic carbocycles. The number of nitrogens with zero attached hydrogens (tertiary/aromatic N) is 3. The summed E-state index contributed by atoms with van der Waals surface area (Å²) in [6, 6.07) is 14.0. The smallest absolute Gasteiger partial charge is 0.253 e. The molecule has 10 heteroatoms. The molecule has 1 spiro atoms. The van der Waals surface area contributed by atoms with Crippen molar-refractivity contribution >= 4 is 44.8 Å². The Morgan fingerprint density at radius 1 is 0.929 bits per heavy atom. The second kappa shape index (κ2) is 11.1. The molecule has 0 radical (unpaired) electrons. The predicted molar refractivity (Wildman–Crippen MR) is 167 cm³/mol. The van der Waals surface area contributed by atoms with Gasteiger partial charge in [-0.25, -0.2) is 13.1 Å². The quantitative estimate of drug-likeness (QED) is 0.344. The summed E-state index contributed by atoms with van der Waals surface area (Å²) in [5.74, 6) is 0.00216. The lowest BCUT2D eigenvalue weighted by Gasteiger charge is -2.47. The third-order valence-corrected chi connectivity index (χ3v) is 12.0. The van der Waals surface area contributed by atoms with Crippen LogP contribution in [0.4, 0.5) is 5.69 Å². The first-order valence-corrected chi connectivity index (χ1v) is 16.8. The monoisotopic (exact) mass is 626 g/mol. The van der Waals surface area contributed by atoms with Crippen molar-refractivity contribution in [3.8, 4) is 0 Å². The molecule has 0 bridgehead atoms. The van der Waals surface area contributed by atoms with Crippen molar-refractivity contribution < 1.29 is 13.2 Å². The molecule has 1 amide bonds. The SMILES string of the molecule is CC1(C)CC(NS(=O)(=O)c2c(Cl)cccc2Cl)c2cc(C(=O)N3CCC4(CC3)CCN(c3ccncc3)CC4)ccc21. The van der Waals surface area contributed by atoms with Crippen molar-refractivity contribution in [2.75, 3.05) is 31.1 Å². The van der Waals surface area contributed by atoms with Gasteiger partial charge in [-0.1, -0.05) is 49.2 Å². The zero-order valence-electron chi connectivity index (χ0n) is 23.9. The Labute approximate surface area is 258 Å². The van der Waals surface area contributed by atoms with E-state index in [1.807, 2.05) is 35.5 Å². The Balaban J connectivity index is 1.15. The van der Waals surface area contributed by atoms with Crippen LogP contribution < -0.4 is 9.62 Å². The molecule has 1 unspecified atom stereocenters. The summed E-state index contributed by atoms with van der Waals surface area (Å²) in [4.78, 5) is 22.1. The standard InChI is InChI=1S/C32H36Cl2N4O3S/c1-31(2)21-28(36-42(40,41)29-26(33)4-3-5-27(29)34)24-20-22(6-7-25(24)31)30(39)38-18-12-32(13-19-38)10-16-37(17-11-32)23-8-14-35-15-9-23/h3-9,14-15,20,28,36H,10-13,16-19,21H2,1-2H3. The van der Waals surface area contributed by atoms with Gasteiger partial charge in [-0.2, -0.15) is 0 Å². The van der Waals surface area contributed by atoms with E-state index in [1.54, 1.807) is 6.07 Å². The molecule has 0 saturated carbocycles. The lowest BCUT2D eigenvalue weighted by Crippen LogP contribution is -2.48. The molecule has 42 heavy (non-hydrogen) atoms. The summed E-state index contributed by atoms with van der Waals surface area (Å²) >= 11 is 12.5. The number of nitrogens with one attached hydrogen (secondary N) is 1. The maximum absolute atomic E-state index is 13.7. The number of anilines is 1. The predicted octanol–water partition coefficient (Wildman–Crippen LogP) is 6.61. The molecule has 3 aliphatic rings. The van der Waals surface area contributed by atoms with E-state index in [-0.39, 0.29) is 31.7 Å². The Hall–Kier alpha value is -2.65. The average molecular weight is 628 g/mol. The normalized spacial score (nSPS) is 21.4.